The Kier molecular flexibility index (Phi) is 4.59. The molecule has 0 aliphatic heterocycles. The van der Waals surface area contributed by atoms with E-state index in [4.69, 9.17) is 10.5 Å². The molecule has 1 unspecified atom stereocenters. The monoisotopic (exact) mass is 209 g/mol. The van der Waals surface area contributed by atoms with Gasteiger partial charge in [-0.15, -0.1) is 0 Å². The van der Waals surface area contributed by atoms with Gasteiger partial charge in [0, 0.05) is 6.04 Å². The molecule has 0 aliphatic rings. The molecule has 3 nitrogen and oxygen atoms in total. The summed E-state index contributed by atoms with van der Waals surface area (Å²) in [5.41, 5.74) is 6.80. The highest BCUT2D eigenvalue weighted by Gasteiger charge is 2.04. The second kappa shape index (κ2) is 5.73. The predicted molar refractivity (Wildman–Crippen MR) is 60.8 cm³/mol. The van der Waals surface area contributed by atoms with Crippen LogP contribution in [0.4, 0.5) is 0 Å². The largest absolute Gasteiger partial charge is 0.491 e. The Labute approximate surface area is 90.9 Å². The van der Waals surface area contributed by atoms with Crippen LogP contribution in [0.25, 0.3) is 0 Å². The fourth-order valence-corrected chi connectivity index (χ4v) is 1.20. The van der Waals surface area contributed by atoms with Gasteiger partial charge in [-0.25, -0.2) is 0 Å². The third kappa shape index (κ3) is 3.90. The Morgan fingerprint density at radius 1 is 1.47 bits per heavy atom. The quantitative estimate of drug-likeness (QED) is 0.778. The number of aliphatic hydroxyl groups is 1. The summed E-state index contributed by atoms with van der Waals surface area (Å²) in [5, 5.41) is 9.35. The van der Waals surface area contributed by atoms with E-state index in [1.807, 2.05) is 38.1 Å². The molecule has 0 fully saturated rings. The minimum Gasteiger partial charge on any atom is -0.491 e. The lowest BCUT2D eigenvalue weighted by molar-refractivity contribution is 0.104. The summed E-state index contributed by atoms with van der Waals surface area (Å²) in [4.78, 5) is 0. The van der Waals surface area contributed by atoms with E-state index in [0.717, 1.165) is 11.3 Å². The maximum Gasteiger partial charge on any atom is 0.119 e. The molecule has 3 heteroatoms. The smallest absolute Gasteiger partial charge is 0.119 e. The third-order valence-electron chi connectivity index (χ3n) is 2.30. The van der Waals surface area contributed by atoms with E-state index in [1.54, 1.807) is 0 Å². The SMILES string of the molecule is CCC(O)COc1cccc([C@H](C)N)c1. The zero-order valence-electron chi connectivity index (χ0n) is 9.31. The van der Waals surface area contributed by atoms with Crippen molar-refractivity contribution in [3.8, 4) is 5.75 Å². The summed E-state index contributed by atoms with van der Waals surface area (Å²) in [7, 11) is 0. The molecule has 0 spiro atoms. The van der Waals surface area contributed by atoms with Crippen molar-refractivity contribution in [3.05, 3.63) is 29.8 Å². The summed E-state index contributed by atoms with van der Waals surface area (Å²) in [6.45, 7) is 4.19. The molecule has 0 saturated carbocycles. The lowest BCUT2D eigenvalue weighted by Gasteiger charge is -2.12. The summed E-state index contributed by atoms with van der Waals surface area (Å²) in [6, 6.07) is 7.66. The molecule has 1 aromatic rings. The first kappa shape index (κ1) is 12.0. The van der Waals surface area contributed by atoms with Crippen LogP contribution in [0, 0.1) is 0 Å². The minimum absolute atomic E-state index is 0.00430. The molecule has 0 radical (unpaired) electrons. The van der Waals surface area contributed by atoms with Crippen LogP contribution in [0.3, 0.4) is 0 Å². The van der Waals surface area contributed by atoms with Crippen LogP contribution in [0.5, 0.6) is 5.75 Å². The highest BCUT2D eigenvalue weighted by atomic mass is 16.5. The van der Waals surface area contributed by atoms with Gasteiger partial charge in [0.15, 0.2) is 0 Å². The van der Waals surface area contributed by atoms with Crippen LogP contribution in [-0.2, 0) is 0 Å². The van der Waals surface area contributed by atoms with Crippen LogP contribution >= 0.6 is 0 Å². The molecular weight excluding hydrogens is 190 g/mol. The predicted octanol–water partition coefficient (Wildman–Crippen LogP) is 1.86. The number of nitrogens with two attached hydrogens (primary N) is 1. The van der Waals surface area contributed by atoms with Gasteiger partial charge in [0.2, 0.25) is 0 Å². The number of ether oxygens (including phenoxy) is 1. The molecule has 0 aromatic heterocycles. The molecule has 1 rings (SSSR count). The van der Waals surface area contributed by atoms with Gasteiger partial charge in [0.25, 0.3) is 0 Å². The molecule has 0 amide bonds. The van der Waals surface area contributed by atoms with E-state index in [0.29, 0.717) is 13.0 Å². The van der Waals surface area contributed by atoms with Crippen molar-refractivity contribution >= 4 is 0 Å². The highest BCUT2D eigenvalue weighted by Crippen LogP contribution is 2.17. The summed E-state index contributed by atoms with van der Waals surface area (Å²) < 4.78 is 5.44. The molecule has 2 atom stereocenters. The topological polar surface area (TPSA) is 55.5 Å². The Balaban J connectivity index is 2.58. The second-order valence-electron chi connectivity index (χ2n) is 3.73. The molecule has 84 valence electrons. The number of hydrogen-bond acceptors (Lipinski definition) is 3. The average Bonchev–Trinajstić information content (AvgIpc) is 2.26. The van der Waals surface area contributed by atoms with Crippen molar-refractivity contribution in [2.24, 2.45) is 5.73 Å². The fraction of sp³-hybridized carbons (Fsp3) is 0.500. The van der Waals surface area contributed by atoms with Gasteiger partial charge in [-0.3, -0.25) is 0 Å². The van der Waals surface area contributed by atoms with Crippen LogP contribution in [0.15, 0.2) is 24.3 Å². The van der Waals surface area contributed by atoms with Crippen molar-refractivity contribution in [2.45, 2.75) is 32.4 Å². The molecule has 0 saturated heterocycles. The molecule has 0 aliphatic carbocycles. The maximum atomic E-state index is 9.35. The number of hydrogen-bond donors (Lipinski definition) is 2. The van der Waals surface area contributed by atoms with Crippen LogP contribution < -0.4 is 10.5 Å². The molecule has 0 heterocycles. The van der Waals surface area contributed by atoms with Crippen LogP contribution in [0.1, 0.15) is 31.9 Å². The Bertz CT molecular complexity index is 299. The van der Waals surface area contributed by atoms with E-state index in [9.17, 15) is 5.11 Å². The first-order valence-corrected chi connectivity index (χ1v) is 5.30. The van der Waals surface area contributed by atoms with E-state index < -0.39 is 6.10 Å². The van der Waals surface area contributed by atoms with Gasteiger partial charge < -0.3 is 15.6 Å². The van der Waals surface area contributed by atoms with Crippen molar-refractivity contribution in [2.75, 3.05) is 6.61 Å². The number of aliphatic hydroxyl groups excluding tert-OH is 1. The Morgan fingerprint density at radius 3 is 2.80 bits per heavy atom. The molecular formula is C12H19NO2. The Hall–Kier alpha value is -1.06. The zero-order valence-corrected chi connectivity index (χ0v) is 9.31. The molecule has 15 heavy (non-hydrogen) atoms. The first-order valence-electron chi connectivity index (χ1n) is 5.30. The Morgan fingerprint density at radius 2 is 2.20 bits per heavy atom. The highest BCUT2D eigenvalue weighted by molar-refractivity contribution is 5.30. The van der Waals surface area contributed by atoms with E-state index in [2.05, 4.69) is 0 Å². The van der Waals surface area contributed by atoms with Gasteiger partial charge in [-0.2, -0.15) is 0 Å². The van der Waals surface area contributed by atoms with Gasteiger partial charge in [0.05, 0.1) is 6.10 Å². The average molecular weight is 209 g/mol. The van der Waals surface area contributed by atoms with Crippen molar-refractivity contribution in [1.29, 1.82) is 0 Å². The van der Waals surface area contributed by atoms with Crippen LogP contribution in [0.2, 0.25) is 0 Å². The first-order chi connectivity index (χ1) is 7.13. The maximum absolute atomic E-state index is 9.35. The fourth-order valence-electron chi connectivity index (χ4n) is 1.20. The van der Waals surface area contributed by atoms with Gasteiger partial charge in [0.1, 0.15) is 12.4 Å². The van der Waals surface area contributed by atoms with Crippen molar-refractivity contribution < 1.29 is 9.84 Å². The van der Waals surface area contributed by atoms with E-state index in [1.165, 1.54) is 0 Å². The van der Waals surface area contributed by atoms with Crippen LogP contribution in [-0.4, -0.2) is 17.8 Å². The standard InChI is InChI=1S/C12H19NO2/c1-3-11(14)8-15-12-6-4-5-10(7-12)9(2)13/h4-7,9,11,14H,3,8,13H2,1-2H3/t9-,11?/m0/s1. The normalized spacial score (nSPS) is 14.7. The molecule has 0 bridgehead atoms. The summed E-state index contributed by atoms with van der Waals surface area (Å²) in [5.74, 6) is 0.761. The summed E-state index contributed by atoms with van der Waals surface area (Å²) >= 11 is 0. The molecule has 1 aromatic carbocycles. The van der Waals surface area contributed by atoms with Gasteiger partial charge in [-0.1, -0.05) is 19.1 Å². The number of benzene rings is 1. The molecule has 3 N–H and O–H groups in total. The minimum atomic E-state index is -0.399. The van der Waals surface area contributed by atoms with Crippen molar-refractivity contribution in [3.63, 3.8) is 0 Å². The second-order valence-corrected chi connectivity index (χ2v) is 3.73. The van der Waals surface area contributed by atoms with E-state index in [-0.39, 0.29) is 6.04 Å². The third-order valence-corrected chi connectivity index (χ3v) is 2.30. The zero-order chi connectivity index (χ0) is 11.3. The lowest BCUT2D eigenvalue weighted by Crippen LogP contribution is -2.16. The summed E-state index contributed by atoms with van der Waals surface area (Å²) in [6.07, 6.45) is 0.302. The van der Waals surface area contributed by atoms with Gasteiger partial charge in [-0.05, 0) is 31.0 Å². The van der Waals surface area contributed by atoms with Gasteiger partial charge >= 0.3 is 0 Å². The number of rotatable bonds is 5. The van der Waals surface area contributed by atoms with E-state index >= 15 is 0 Å². The van der Waals surface area contributed by atoms with Crippen molar-refractivity contribution in [1.82, 2.24) is 0 Å². The lowest BCUT2D eigenvalue weighted by atomic mass is 10.1.